The van der Waals surface area contributed by atoms with Gasteiger partial charge in [-0.05, 0) is 38.4 Å². The second-order valence-corrected chi connectivity index (χ2v) is 6.58. The number of carbonyl (C=O) groups excluding carboxylic acids is 1. The van der Waals surface area contributed by atoms with Crippen LogP contribution >= 0.6 is 0 Å². The third-order valence-electron chi connectivity index (χ3n) is 5.15. The van der Waals surface area contributed by atoms with Gasteiger partial charge in [-0.3, -0.25) is 4.90 Å². The number of hydrogen-bond acceptors (Lipinski definition) is 4. The minimum Gasteiger partial charge on any atom is -0.323 e. The van der Waals surface area contributed by atoms with E-state index >= 15 is 0 Å². The summed E-state index contributed by atoms with van der Waals surface area (Å²) in [6.07, 6.45) is 8.65. The molecule has 2 atom stereocenters. The Kier molecular flexibility index (Phi) is 3.93. The Labute approximate surface area is 141 Å². The summed E-state index contributed by atoms with van der Waals surface area (Å²) in [7, 11) is 2.18. The fourth-order valence-corrected chi connectivity index (χ4v) is 3.70. The maximum absolute atomic E-state index is 12.6. The van der Waals surface area contributed by atoms with E-state index in [4.69, 9.17) is 0 Å². The molecule has 4 rings (SSSR count). The zero-order valence-corrected chi connectivity index (χ0v) is 13.8. The van der Waals surface area contributed by atoms with Crippen molar-refractivity contribution in [3.05, 3.63) is 36.8 Å². The number of aromatic nitrogens is 3. The molecule has 2 aromatic heterocycles. The number of urea groups is 1. The fourth-order valence-electron chi connectivity index (χ4n) is 3.70. The second kappa shape index (κ2) is 6.24. The van der Waals surface area contributed by atoms with E-state index in [1.807, 2.05) is 23.1 Å². The van der Waals surface area contributed by atoms with Crippen LogP contribution in [-0.2, 0) is 0 Å². The van der Waals surface area contributed by atoms with Gasteiger partial charge < -0.3 is 10.2 Å². The number of hydrogen-bond donors (Lipinski definition) is 1. The van der Waals surface area contributed by atoms with Crippen LogP contribution in [0.15, 0.2) is 36.8 Å². The van der Waals surface area contributed by atoms with Crippen LogP contribution in [0.1, 0.15) is 19.3 Å². The first kappa shape index (κ1) is 15.1. The Balaban J connectivity index is 1.42. The highest BCUT2D eigenvalue weighted by molar-refractivity contribution is 5.89. The smallest absolute Gasteiger partial charge is 0.321 e. The number of rotatable bonds is 2. The Hall–Kier alpha value is -2.41. The molecule has 0 saturated carbocycles. The highest BCUT2D eigenvalue weighted by Crippen LogP contribution is 2.28. The van der Waals surface area contributed by atoms with Crippen molar-refractivity contribution in [2.45, 2.75) is 31.3 Å². The van der Waals surface area contributed by atoms with Gasteiger partial charge in [-0.1, -0.05) is 6.07 Å². The van der Waals surface area contributed by atoms with E-state index in [1.54, 1.807) is 23.3 Å². The number of pyridine rings is 1. The Morgan fingerprint density at radius 2 is 2.12 bits per heavy atom. The number of fused-ring (bicyclic) bond motifs is 2. The molecule has 2 amide bonds. The number of nitrogens with zero attached hydrogens (tertiary/aromatic N) is 5. The fraction of sp³-hybridized carbons (Fsp3) is 0.471. The molecular formula is C17H22N6O. The highest BCUT2D eigenvalue weighted by atomic mass is 16.2. The molecule has 2 aliphatic rings. The number of carbonyl (C=O) groups is 1. The van der Waals surface area contributed by atoms with E-state index in [9.17, 15) is 4.79 Å². The maximum atomic E-state index is 12.6. The molecule has 0 radical (unpaired) electrons. The van der Waals surface area contributed by atoms with E-state index in [1.165, 1.54) is 12.8 Å². The topological polar surface area (TPSA) is 66.3 Å². The summed E-state index contributed by atoms with van der Waals surface area (Å²) in [5.41, 5.74) is 0.688. The van der Waals surface area contributed by atoms with Crippen molar-refractivity contribution in [2.75, 3.05) is 25.5 Å². The molecule has 2 aliphatic heterocycles. The van der Waals surface area contributed by atoms with Gasteiger partial charge in [-0.2, -0.15) is 5.10 Å². The van der Waals surface area contributed by atoms with Crippen LogP contribution in [0.25, 0.3) is 5.82 Å². The molecule has 2 fully saturated rings. The number of anilines is 1. The maximum Gasteiger partial charge on any atom is 0.321 e. The predicted octanol–water partition coefficient (Wildman–Crippen LogP) is 1.97. The first-order valence-corrected chi connectivity index (χ1v) is 8.44. The van der Waals surface area contributed by atoms with Gasteiger partial charge in [0.2, 0.25) is 0 Å². The molecule has 2 aromatic rings. The molecule has 0 aliphatic carbocycles. The Morgan fingerprint density at radius 3 is 2.96 bits per heavy atom. The van der Waals surface area contributed by atoms with Crippen molar-refractivity contribution in [3.8, 4) is 5.82 Å². The van der Waals surface area contributed by atoms with Crippen LogP contribution in [0.3, 0.4) is 0 Å². The molecule has 7 nitrogen and oxygen atoms in total. The molecule has 2 saturated heterocycles. The van der Waals surface area contributed by atoms with Gasteiger partial charge in [0.15, 0.2) is 5.82 Å². The minimum absolute atomic E-state index is 0.0449. The molecule has 0 spiro atoms. The largest absolute Gasteiger partial charge is 0.323 e. The summed E-state index contributed by atoms with van der Waals surface area (Å²) < 4.78 is 1.66. The number of nitrogens with one attached hydrogen (secondary N) is 1. The lowest BCUT2D eigenvalue weighted by Gasteiger charge is -2.25. The Morgan fingerprint density at radius 1 is 1.25 bits per heavy atom. The zero-order valence-electron chi connectivity index (χ0n) is 13.8. The SMILES string of the molecule is CN1[C@H]2CC[C@H]1CN(C(=O)Nc1cnn(-c3ccccn3)c1)CC2. The van der Waals surface area contributed by atoms with Gasteiger partial charge >= 0.3 is 6.03 Å². The minimum atomic E-state index is -0.0449. The van der Waals surface area contributed by atoms with E-state index in [0.717, 1.165) is 25.3 Å². The van der Waals surface area contributed by atoms with Crippen molar-refractivity contribution in [1.29, 1.82) is 0 Å². The van der Waals surface area contributed by atoms with Crippen LogP contribution in [0.4, 0.5) is 10.5 Å². The van der Waals surface area contributed by atoms with Gasteiger partial charge in [0.25, 0.3) is 0 Å². The molecule has 4 heterocycles. The summed E-state index contributed by atoms with van der Waals surface area (Å²) in [4.78, 5) is 21.2. The summed E-state index contributed by atoms with van der Waals surface area (Å²) in [6, 6.07) is 6.71. The predicted molar refractivity (Wildman–Crippen MR) is 91.1 cm³/mol. The van der Waals surface area contributed by atoms with Crippen molar-refractivity contribution < 1.29 is 4.79 Å². The standard InChI is InChI=1S/C17H22N6O/c1-21-14-5-6-15(21)12-22(9-7-14)17(24)20-13-10-19-23(11-13)16-4-2-3-8-18-16/h2-4,8,10-11,14-15H,5-7,9,12H2,1H3,(H,20,24)/t14-,15-/m0/s1. The van der Waals surface area contributed by atoms with Gasteiger partial charge in [-0.15, -0.1) is 0 Å². The summed E-state index contributed by atoms with van der Waals surface area (Å²) in [5, 5.41) is 7.23. The first-order valence-electron chi connectivity index (χ1n) is 8.44. The van der Waals surface area contributed by atoms with Crippen LogP contribution < -0.4 is 5.32 Å². The lowest BCUT2D eigenvalue weighted by Crippen LogP contribution is -2.41. The molecule has 24 heavy (non-hydrogen) atoms. The van der Waals surface area contributed by atoms with Crippen molar-refractivity contribution in [1.82, 2.24) is 24.6 Å². The lowest BCUT2D eigenvalue weighted by atomic mass is 10.1. The summed E-state index contributed by atoms with van der Waals surface area (Å²) in [6.45, 7) is 1.61. The summed E-state index contributed by atoms with van der Waals surface area (Å²) in [5.74, 6) is 0.728. The number of likely N-dealkylation sites (N-methyl/N-ethyl adjacent to an activating group) is 1. The third-order valence-corrected chi connectivity index (χ3v) is 5.15. The van der Waals surface area contributed by atoms with E-state index in [-0.39, 0.29) is 6.03 Å². The third kappa shape index (κ3) is 2.87. The van der Waals surface area contributed by atoms with Crippen LogP contribution in [0, 0.1) is 0 Å². The molecule has 0 unspecified atom stereocenters. The van der Waals surface area contributed by atoms with Gasteiger partial charge in [-0.25, -0.2) is 14.5 Å². The normalized spacial score (nSPS) is 24.0. The highest BCUT2D eigenvalue weighted by Gasteiger charge is 2.35. The molecule has 0 aromatic carbocycles. The second-order valence-electron chi connectivity index (χ2n) is 6.58. The molecular weight excluding hydrogens is 304 g/mol. The van der Waals surface area contributed by atoms with E-state index < -0.39 is 0 Å². The number of likely N-dealkylation sites (tertiary alicyclic amines) is 1. The quantitative estimate of drug-likeness (QED) is 0.916. The van der Waals surface area contributed by atoms with Gasteiger partial charge in [0, 0.05) is 31.4 Å². The summed E-state index contributed by atoms with van der Waals surface area (Å²) >= 11 is 0. The van der Waals surface area contributed by atoms with Crippen molar-refractivity contribution >= 4 is 11.7 Å². The van der Waals surface area contributed by atoms with Crippen molar-refractivity contribution in [2.24, 2.45) is 0 Å². The number of amides is 2. The molecule has 126 valence electrons. The van der Waals surface area contributed by atoms with Crippen LogP contribution in [-0.4, -0.2) is 62.8 Å². The average Bonchev–Trinajstić information content (AvgIpc) is 3.13. The van der Waals surface area contributed by atoms with Gasteiger partial charge in [0.1, 0.15) is 0 Å². The van der Waals surface area contributed by atoms with E-state index in [2.05, 4.69) is 27.3 Å². The lowest BCUT2D eigenvalue weighted by molar-refractivity contribution is 0.200. The van der Waals surface area contributed by atoms with Crippen LogP contribution in [0.2, 0.25) is 0 Å². The van der Waals surface area contributed by atoms with E-state index in [0.29, 0.717) is 17.8 Å². The van der Waals surface area contributed by atoms with Crippen LogP contribution in [0.5, 0.6) is 0 Å². The zero-order chi connectivity index (χ0) is 16.5. The molecule has 7 heteroatoms. The molecule has 1 N–H and O–H groups in total. The van der Waals surface area contributed by atoms with Gasteiger partial charge in [0.05, 0.1) is 18.1 Å². The monoisotopic (exact) mass is 326 g/mol. The average molecular weight is 326 g/mol. The Bertz CT molecular complexity index is 715. The first-order chi connectivity index (χ1) is 11.7. The van der Waals surface area contributed by atoms with Crippen molar-refractivity contribution in [3.63, 3.8) is 0 Å². The molecule has 2 bridgehead atoms.